The third-order valence-electron chi connectivity index (χ3n) is 14.4. The highest BCUT2D eigenvalue weighted by Crippen LogP contribution is 2.69. The number of aromatic hydroxyl groups is 10. The molecule has 2 aliphatic carbocycles. The van der Waals surface area contributed by atoms with Crippen molar-refractivity contribution in [3.05, 3.63) is 212 Å². The molecule has 68 heavy (non-hydrogen) atoms. The van der Waals surface area contributed by atoms with Gasteiger partial charge in [-0.25, -0.2) is 0 Å². The van der Waals surface area contributed by atoms with Crippen molar-refractivity contribution in [2.24, 2.45) is 0 Å². The summed E-state index contributed by atoms with van der Waals surface area (Å²) in [7, 11) is 0. The molecular formula is C56H42O12. The Bertz CT molecular complexity index is 3140. The molecule has 8 aromatic carbocycles. The lowest BCUT2D eigenvalue weighted by molar-refractivity contribution is 0.219. The van der Waals surface area contributed by atoms with Gasteiger partial charge in [0.25, 0.3) is 0 Å². The van der Waals surface area contributed by atoms with Gasteiger partial charge in [0.1, 0.15) is 81.2 Å². The van der Waals surface area contributed by atoms with Crippen LogP contribution in [0, 0.1) is 0 Å². The van der Waals surface area contributed by atoms with E-state index in [1.54, 1.807) is 72.8 Å². The Labute approximate surface area is 388 Å². The third kappa shape index (κ3) is 6.20. The molecule has 338 valence electrons. The first-order chi connectivity index (χ1) is 32.8. The zero-order chi connectivity index (χ0) is 46.9. The van der Waals surface area contributed by atoms with E-state index >= 15 is 0 Å². The highest BCUT2D eigenvalue weighted by Gasteiger charge is 2.55. The Hall–Kier alpha value is -8.64. The summed E-state index contributed by atoms with van der Waals surface area (Å²) < 4.78 is 13.8. The van der Waals surface area contributed by atoms with Gasteiger partial charge in [0, 0.05) is 70.2 Å². The van der Waals surface area contributed by atoms with Gasteiger partial charge in [0.2, 0.25) is 0 Å². The van der Waals surface area contributed by atoms with Crippen LogP contribution in [0.1, 0.15) is 114 Å². The smallest absolute Gasteiger partial charge is 0.135 e. The van der Waals surface area contributed by atoms with Crippen LogP contribution in [0.5, 0.6) is 69.0 Å². The van der Waals surface area contributed by atoms with E-state index < -0.39 is 47.7 Å². The standard InChI is InChI=1S/C56H42O12/c57-29-11-7-25(8-12-29)55-53-37-17-33(61)21-41(65)47(37)45(27-3-1-5-31(59)15-27)51-39-19-35(63)23-43-49(39)54(56(67-43)26-9-13-30(58)14-10-26)38-18-34(62)22-42(66)48(38)46(28-4-2-6-32(60)16-28)52(51)40-20-36(64)24-44(68-55)50(40)53/h1-24,45-46,51-66H/t45-,46-,51-,52-,53+,54+,55-,56-/m1/s1. The van der Waals surface area contributed by atoms with Gasteiger partial charge < -0.3 is 60.5 Å². The summed E-state index contributed by atoms with van der Waals surface area (Å²) in [5.74, 6) is -6.56. The zero-order valence-electron chi connectivity index (χ0n) is 35.8. The average Bonchev–Trinajstić information content (AvgIpc) is 3.86. The highest BCUT2D eigenvalue weighted by atomic mass is 16.5. The van der Waals surface area contributed by atoms with Gasteiger partial charge in [-0.1, -0.05) is 48.5 Å². The summed E-state index contributed by atoms with van der Waals surface area (Å²) in [6.45, 7) is 0. The lowest BCUT2D eigenvalue weighted by Crippen LogP contribution is -2.33. The molecule has 0 fully saturated rings. The van der Waals surface area contributed by atoms with Crippen LogP contribution >= 0.6 is 0 Å². The monoisotopic (exact) mass is 906 g/mol. The molecule has 0 bridgehead atoms. The molecule has 0 amide bonds. The second-order valence-corrected chi connectivity index (χ2v) is 18.2. The normalized spacial score (nSPS) is 22.6. The molecule has 12 heteroatoms. The zero-order valence-corrected chi connectivity index (χ0v) is 35.8. The molecule has 2 aliphatic heterocycles. The molecule has 0 unspecified atom stereocenters. The molecule has 10 N–H and O–H groups in total. The third-order valence-corrected chi connectivity index (χ3v) is 14.4. The molecule has 0 spiro atoms. The lowest BCUT2D eigenvalue weighted by Gasteiger charge is -2.46. The van der Waals surface area contributed by atoms with Gasteiger partial charge in [-0.05, 0) is 117 Å². The van der Waals surface area contributed by atoms with Crippen molar-refractivity contribution in [1.82, 2.24) is 0 Å². The van der Waals surface area contributed by atoms with Crippen molar-refractivity contribution >= 4 is 0 Å². The van der Waals surface area contributed by atoms with Crippen LogP contribution in [0.25, 0.3) is 0 Å². The summed E-state index contributed by atoms with van der Waals surface area (Å²) in [6.07, 6.45) is -1.74. The fourth-order valence-corrected chi connectivity index (χ4v) is 12.1. The Kier molecular flexibility index (Phi) is 8.97. The fourth-order valence-electron chi connectivity index (χ4n) is 12.1. The van der Waals surface area contributed by atoms with Crippen molar-refractivity contribution in [3.8, 4) is 69.0 Å². The summed E-state index contributed by atoms with van der Waals surface area (Å²) >= 11 is 0. The summed E-state index contributed by atoms with van der Waals surface area (Å²) in [5.41, 5.74) is 6.07. The van der Waals surface area contributed by atoms with Crippen molar-refractivity contribution in [3.63, 3.8) is 0 Å². The maximum atomic E-state index is 12.6. The number of phenols is 10. The summed E-state index contributed by atoms with van der Waals surface area (Å²) in [4.78, 5) is 0. The molecule has 12 rings (SSSR count). The Morgan fingerprint density at radius 2 is 0.647 bits per heavy atom. The van der Waals surface area contributed by atoms with Crippen molar-refractivity contribution < 1.29 is 60.5 Å². The predicted molar refractivity (Wildman–Crippen MR) is 248 cm³/mol. The molecule has 0 saturated carbocycles. The van der Waals surface area contributed by atoms with Crippen LogP contribution in [0.2, 0.25) is 0 Å². The summed E-state index contributed by atoms with van der Waals surface area (Å²) in [5, 5.41) is 116. The van der Waals surface area contributed by atoms with Crippen LogP contribution in [0.15, 0.2) is 146 Å². The second kappa shape index (κ2) is 14.9. The molecule has 12 nitrogen and oxygen atoms in total. The van der Waals surface area contributed by atoms with Crippen LogP contribution < -0.4 is 9.47 Å². The van der Waals surface area contributed by atoms with Gasteiger partial charge in [0.15, 0.2) is 0 Å². The number of rotatable bonds is 4. The SMILES string of the molecule is Oc1ccc([C@H]2Oc3cc(O)cc4c3[C@@H]2c2cc(O)cc(O)c2[C@@H](c2cccc(O)c2)[C@H]2c3cc(O)cc5c3[C@H](c3cc(O)cc(O)c3[C@@H](c3cccc(O)c3)[C@@H]42)[C@@H](c2ccc(O)cc2)O5)cc1. The van der Waals surface area contributed by atoms with Gasteiger partial charge in [-0.3, -0.25) is 0 Å². The van der Waals surface area contributed by atoms with Gasteiger partial charge >= 0.3 is 0 Å². The van der Waals surface area contributed by atoms with Crippen molar-refractivity contribution in [1.29, 1.82) is 0 Å². The van der Waals surface area contributed by atoms with Crippen molar-refractivity contribution in [2.75, 3.05) is 0 Å². The molecule has 2 heterocycles. The first-order valence-electron chi connectivity index (χ1n) is 22.2. The van der Waals surface area contributed by atoms with Gasteiger partial charge in [-0.2, -0.15) is 0 Å². The molecule has 0 saturated heterocycles. The fraction of sp³-hybridized carbons (Fsp3) is 0.143. The highest BCUT2D eigenvalue weighted by molar-refractivity contribution is 5.71. The number of fused-ring (bicyclic) bond motifs is 7. The first kappa shape index (κ1) is 40.8. The van der Waals surface area contributed by atoms with E-state index in [-0.39, 0.29) is 69.0 Å². The van der Waals surface area contributed by atoms with E-state index in [0.717, 1.165) is 0 Å². The van der Waals surface area contributed by atoms with Crippen LogP contribution in [-0.2, 0) is 0 Å². The van der Waals surface area contributed by atoms with Gasteiger partial charge in [-0.15, -0.1) is 0 Å². The van der Waals surface area contributed by atoms with E-state index in [2.05, 4.69) is 0 Å². The second-order valence-electron chi connectivity index (χ2n) is 18.2. The van der Waals surface area contributed by atoms with Crippen LogP contribution in [-0.4, -0.2) is 51.1 Å². The largest absolute Gasteiger partial charge is 0.508 e. The number of benzene rings is 8. The molecule has 0 aromatic heterocycles. The minimum Gasteiger partial charge on any atom is -0.508 e. The van der Waals surface area contributed by atoms with Crippen LogP contribution in [0.3, 0.4) is 0 Å². The topological polar surface area (TPSA) is 221 Å². The number of ether oxygens (including phenoxy) is 2. The average molecular weight is 907 g/mol. The lowest BCUT2D eigenvalue weighted by atomic mass is 9.55. The molecule has 4 aliphatic rings. The Balaban J connectivity index is 1.30. The molecule has 8 atom stereocenters. The quantitative estimate of drug-likeness (QED) is 0.0797. The predicted octanol–water partition coefficient (Wildman–Crippen LogP) is 10.4. The molecular weight excluding hydrogens is 865 g/mol. The molecule has 0 radical (unpaired) electrons. The van der Waals surface area contributed by atoms with E-state index in [9.17, 15) is 51.1 Å². The van der Waals surface area contributed by atoms with E-state index in [4.69, 9.17) is 9.47 Å². The first-order valence-corrected chi connectivity index (χ1v) is 22.2. The Morgan fingerprint density at radius 1 is 0.279 bits per heavy atom. The van der Waals surface area contributed by atoms with E-state index in [0.29, 0.717) is 66.8 Å². The minimum absolute atomic E-state index is 0.0179. The minimum atomic E-state index is -0.998. The number of phenolic OH excluding ortho intramolecular Hbond substituents is 10. The maximum absolute atomic E-state index is 12.6. The number of hydrogen-bond donors (Lipinski definition) is 10. The molecule has 8 aromatic rings. The van der Waals surface area contributed by atoms with Crippen LogP contribution in [0.4, 0.5) is 0 Å². The Morgan fingerprint density at radius 3 is 1.03 bits per heavy atom. The number of hydrogen-bond acceptors (Lipinski definition) is 12. The van der Waals surface area contributed by atoms with Gasteiger partial charge in [0.05, 0.1) is 11.8 Å². The van der Waals surface area contributed by atoms with E-state index in [1.165, 1.54) is 60.7 Å². The maximum Gasteiger partial charge on any atom is 0.135 e. The van der Waals surface area contributed by atoms with E-state index in [1.807, 2.05) is 12.1 Å². The van der Waals surface area contributed by atoms with Crippen molar-refractivity contribution in [2.45, 2.75) is 47.7 Å². The summed E-state index contributed by atoms with van der Waals surface area (Å²) in [6, 6.07) is 38.2.